The van der Waals surface area contributed by atoms with Gasteiger partial charge in [-0.1, -0.05) is 6.07 Å². The van der Waals surface area contributed by atoms with Crippen molar-refractivity contribution >= 4 is 19.7 Å². The van der Waals surface area contributed by atoms with Gasteiger partial charge in [-0.25, -0.2) is 17.2 Å². The van der Waals surface area contributed by atoms with Gasteiger partial charge in [0.15, 0.2) is 17.4 Å². The molecule has 0 N–H and O–H groups in total. The van der Waals surface area contributed by atoms with E-state index in [1.807, 2.05) is 0 Å². The number of hydrogen-bond donors (Lipinski definition) is 0. The van der Waals surface area contributed by atoms with Crippen molar-refractivity contribution in [3.63, 3.8) is 0 Å². The number of rotatable bonds is 5. The lowest BCUT2D eigenvalue weighted by Crippen LogP contribution is -2.06. The normalized spacial score (nSPS) is 11.4. The highest BCUT2D eigenvalue weighted by Crippen LogP contribution is 2.20. The summed E-state index contributed by atoms with van der Waals surface area (Å²) in [7, 11) is 1.35. The summed E-state index contributed by atoms with van der Waals surface area (Å²) in [6.45, 7) is -0.121. The molecule has 0 aliphatic rings. The minimum absolute atomic E-state index is 0.0691. The van der Waals surface area contributed by atoms with Gasteiger partial charge < -0.3 is 4.74 Å². The van der Waals surface area contributed by atoms with Crippen LogP contribution in [0.4, 0.5) is 8.78 Å². The summed E-state index contributed by atoms with van der Waals surface area (Å²) in [5.41, 5.74) is 0. The second-order valence-electron chi connectivity index (χ2n) is 3.00. The van der Waals surface area contributed by atoms with Crippen molar-refractivity contribution < 1.29 is 21.9 Å². The zero-order valence-corrected chi connectivity index (χ0v) is 9.69. The molecule has 0 saturated heterocycles. The zero-order chi connectivity index (χ0) is 12.2. The number of halogens is 3. The molecule has 0 bridgehead atoms. The Labute approximate surface area is 96.4 Å². The Morgan fingerprint density at radius 1 is 1.25 bits per heavy atom. The molecule has 7 heteroatoms. The van der Waals surface area contributed by atoms with Crippen LogP contribution in [-0.2, 0) is 9.05 Å². The van der Waals surface area contributed by atoms with Gasteiger partial charge >= 0.3 is 0 Å². The third-order valence-corrected chi connectivity index (χ3v) is 2.94. The van der Waals surface area contributed by atoms with Crippen LogP contribution < -0.4 is 4.74 Å². The molecule has 90 valence electrons. The van der Waals surface area contributed by atoms with Crippen LogP contribution in [0.2, 0.25) is 0 Å². The van der Waals surface area contributed by atoms with E-state index < -0.39 is 26.4 Å². The Morgan fingerprint density at radius 2 is 1.81 bits per heavy atom. The first-order valence-electron chi connectivity index (χ1n) is 4.39. The van der Waals surface area contributed by atoms with Crippen LogP contribution in [0, 0.1) is 11.6 Å². The van der Waals surface area contributed by atoms with E-state index >= 15 is 0 Å². The summed E-state index contributed by atoms with van der Waals surface area (Å²) in [4.78, 5) is 0. The molecular formula is C9H9ClF2O3S. The number of ether oxygens (including phenoxy) is 1. The highest BCUT2D eigenvalue weighted by atomic mass is 35.7. The molecule has 0 spiro atoms. The van der Waals surface area contributed by atoms with Crippen LogP contribution in [0.5, 0.6) is 5.75 Å². The van der Waals surface area contributed by atoms with Crippen LogP contribution in [0.15, 0.2) is 18.2 Å². The highest BCUT2D eigenvalue weighted by Gasteiger charge is 2.10. The van der Waals surface area contributed by atoms with Crippen molar-refractivity contribution in [1.29, 1.82) is 0 Å². The molecule has 0 aliphatic carbocycles. The van der Waals surface area contributed by atoms with Crippen molar-refractivity contribution in [3.8, 4) is 5.75 Å². The van der Waals surface area contributed by atoms with Gasteiger partial charge in [0.05, 0.1) is 12.4 Å². The van der Waals surface area contributed by atoms with Gasteiger partial charge in [-0.15, -0.1) is 0 Å². The monoisotopic (exact) mass is 270 g/mol. The molecule has 0 heterocycles. The lowest BCUT2D eigenvalue weighted by atomic mass is 10.3. The predicted octanol–water partition coefficient (Wildman–Crippen LogP) is 2.30. The fourth-order valence-electron chi connectivity index (χ4n) is 1.03. The number of hydrogen-bond acceptors (Lipinski definition) is 3. The van der Waals surface area contributed by atoms with Crippen LogP contribution >= 0.6 is 10.7 Å². The van der Waals surface area contributed by atoms with E-state index in [2.05, 4.69) is 0 Å². The summed E-state index contributed by atoms with van der Waals surface area (Å²) in [6, 6.07) is 3.31. The zero-order valence-electron chi connectivity index (χ0n) is 8.12. The van der Waals surface area contributed by atoms with Crippen molar-refractivity contribution in [2.24, 2.45) is 0 Å². The van der Waals surface area contributed by atoms with Gasteiger partial charge in [-0.3, -0.25) is 0 Å². The third kappa shape index (κ3) is 4.32. The average Bonchev–Trinajstić information content (AvgIpc) is 2.14. The molecule has 0 unspecified atom stereocenters. The molecule has 1 aromatic carbocycles. The second-order valence-corrected chi connectivity index (χ2v) is 5.89. The molecule has 16 heavy (non-hydrogen) atoms. The third-order valence-electron chi connectivity index (χ3n) is 1.70. The first-order chi connectivity index (χ1) is 7.40. The van der Waals surface area contributed by atoms with Gasteiger partial charge in [0.25, 0.3) is 0 Å². The standard InChI is InChI=1S/C9H9ClF2O3S/c10-16(13,14)6-2-5-15-9-7(11)3-1-4-8(9)12/h1,3-4H,2,5-6H2. The summed E-state index contributed by atoms with van der Waals surface area (Å²) >= 11 is 0. The van der Waals surface area contributed by atoms with E-state index in [1.165, 1.54) is 6.07 Å². The van der Waals surface area contributed by atoms with Crippen molar-refractivity contribution in [3.05, 3.63) is 29.8 Å². The molecule has 0 aliphatic heterocycles. The van der Waals surface area contributed by atoms with Gasteiger partial charge in [-0.05, 0) is 18.6 Å². The number of benzene rings is 1. The van der Waals surface area contributed by atoms with Crippen LogP contribution in [0.3, 0.4) is 0 Å². The summed E-state index contributed by atoms with van der Waals surface area (Å²) < 4.78 is 51.9. The van der Waals surface area contributed by atoms with E-state index in [9.17, 15) is 17.2 Å². The second kappa shape index (κ2) is 5.45. The molecule has 0 amide bonds. The molecule has 0 aromatic heterocycles. The van der Waals surface area contributed by atoms with Crippen molar-refractivity contribution in [2.75, 3.05) is 12.4 Å². The Hall–Kier alpha value is -0.880. The Bertz CT molecular complexity index is 442. The lowest BCUT2D eigenvalue weighted by molar-refractivity contribution is 0.285. The van der Waals surface area contributed by atoms with Gasteiger partial charge in [0.2, 0.25) is 9.05 Å². The van der Waals surface area contributed by atoms with Gasteiger partial charge in [0.1, 0.15) is 0 Å². The molecule has 0 fully saturated rings. The maximum Gasteiger partial charge on any atom is 0.232 e. The van der Waals surface area contributed by atoms with Crippen molar-refractivity contribution in [2.45, 2.75) is 6.42 Å². The van der Waals surface area contributed by atoms with Crippen LogP contribution in [0.1, 0.15) is 6.42 Å². The molecule has 3 nitrogen and oxygen atoms in total. The summed E-state index contributed by atoms with van der Waals surface area (Å²) in [5, 5.41) is 0. The molecule has 1 aromatic rings. The Kier molecular flexibility index (Phi) is 4.49. The minimum Gasteiger partial charge on any atom is -0.488 e. The fraction of sp³-hybridized carbons (Fsp3) is 0.333. The Morgan fingerprint density at radius 3 is 2.31 bits per heavy atom. The molecular weight excluding hydrogens is 262 g/mol. The summed E-state index contributed by atoms with van der Waals surface area (Å²) in [5.74, 6) is -2.46. The van der Waals surface area contributed by atoms with E-state index in [0.29, 0.717) is 0 Å². The SMILES string of the molecule is O=S(=O)(Cl)CCCOc1c(F)cccc1F. The van der Waals surface area contributed by atoms with E-state index in [-0.39, 0.29) is 18.8 Å². The topological polar surface area (TPSA) is 43.4 Å². The summed E-state index contributed by atoms with van der Waals surface area (Å²) in [6.07, 6.45) is 0.0691. The Balaban J connectivity index is 2.49. The van der Waals surface area contributed by atoms with Crippen LogP contribution in [-0.4, -0.2) is 20.8 Å². The number of para-hydroxylation sites is 1. The minimum atomic E-state index is -3.59. The fourth-order valence-corrected chi connectivity index (χ4v) is 1.82. The van der Waals surface area contributed by atoms with Crippen molar-refractivity contribution in [1.82, 2.24) is 0 Å². The maximum absolute atomic E-state index is 13.0. The average molecular weight is 271 g/mol. The smallest absolute Gasteiger partial charge is 0.232 e. The van der Waals surface area contributed by atoms with Crippen LogP contribution in [0.25, 0.3) is 0 Å². The largest absolute Gasteiger partial charge is 0.488 e. The van der Waals surface area contributed by atoms with E-state index in [1.54, 1.807) is 0 Å². The first-order valence-corrected chi connectivity index (χ1v) is 6.87. The van der Waals surface area contributed by atoms with E-state index in [0.717, 1.165) is 12.1 Å². The lowest BCUT2D eigenvalue weighted by Gasteiger charge is -2.06. The predicted molar refractivity (Wildman–Crippen MR) is 56.1 cm³/mol. The highest BCUT2D eigenvalue weighted by molar-refractivity contribution is 8.13. The van der Waals surface area contributed by atoms with Gasteiger partial charge in [0, 0.05) is 10.7 Å². The first kappa shape index (κ1) is 13.2. The molecule has 0 radical (unpaired) electrons. The van der Waals surface area contributed by atoms with E-state index in [4.69, 9.17) is 15.4 Å². The molecule has 1 rings (SSSR count). The molecule has 0 atom stereocenters. The maximum atomic E-state index is 13.0. The molecule has 0 saturated carbocycles. The quantitative estimate of drug-likeness (QED) is 0.609. The van der Waals surface area contributed by atoms with Gasteiger partial charge in [-0.2, -0.15) is 0 Å².